The van der Waals surface area contributed by atoms with Gasteiger partial charge in [-0.25, -0.2) is 0 Å². The van der Waals surface area contributed by atoms with Crippen LogP contribution >= 0.6 is 0 Å². The first-order valence-electron chi connectivity index (χ1n) is 9.67. The van der Waals surface area contributed by atoms with Gasteiger partial charge in [-0.05, 0) is 45.1 Å². The Morgan fingerprint density at radius 3 is 2.79 bits per heavy atom. The van der Waals surface area contributed by atoms with Crippen molar-refractivity contribution in [2.75, 3.05) is 72.7 Å². The zero-order valence-electron chi connectivity index (χ0n) is 15.6. The van der Waals surface area contributed by atoms with Crippen LogP contribution in [0.1, 0.15) is 32.6 Å². The Labute approximate surface area is 147 Å². The number of unbranched alkanes of at least 4 members (excludes halogenated alkanes) is 1. The van der Waals surface area contributed by atoms with Crippen LogP contribution in [0.2, 0.25) is 0 Å². The molecule has 1 N–H and O–H groups in total. The van der Waals surface area contributed by atoms with Crippen LogP contribution in [0.25, 0.3) is 0 Å². The number of rotatable bonds is 11. The maximum absolute atomic E-state index is 5.73. The first kappa shape index (κ1) is 19.5. The summed E-state index contributed by atoms with van der Waals surface area (Å²) in [5, 5.41) is 3.38. The number of hydrogen-bond acceptors (Lipinski definition) is 4. The van der Waals surface area contributed by atoms with Crippen LogP contribution < -0.4 is 5.32 Å². The minimum absolute atomic E-state index is 0.786. The van der Waals surface area contributed by atoms with Crippen molar-refractivity contribution < 1.29 is 9.47 Å². The Balaban J connectivity index is 1.57. The number of guanidine groups is 1. The molecule has 0 radical (unpaired) electrons. The van der Waals surface area contributed by atoms with E-state index < -0.39 is 0 Å². The Bertz CT molecular complexity index is 355. The molecule has 0 bridgehead atoms. The third kappa shape index (κ3) is 8.31. The normalized spacial score (nSPS) is 19.5. The van der Waals surface area contributed by atoms with Gasteiger partial charge in [0.05, 0.1) is 19.8 Å². The predicted octanol–water partition coefficient (Wildman–Crippen LogP) is 1.42. The maximum Gasteiger partial charge on any atom is 0.193 e. The number of morpholine rings is 1. The lowest BCUT2D eigenvalue weighted by atomic mass is 10.3. The Morgan fingerprint density at radius 2 is 2.08 bits per heavy atom. The van der Waals surface area contributed by atoms with E-state index in [0.29, 0.717) is 0 Å². The van der Waals surface area contributed by atoms with Gasteiger partial charge in [-0.3, -0.25) is 9.89 Å². The van der Waals surface area contributed by atoms with Gasteiger partial charge in [0.25, 0.3) is 0 Å². The second-order valence-corrected chi connectivity index (χ2v) is 6.84. The number of hydrogen-bond donors (Lipinski definition) is 1. The molecule has 140 valence electrons. The van der Waals surface area contributed by atoms with Gasteiger partial charge in [0.15, 0.2) is 5.96 Å². The van der Waals surface area contributed by atoms with Crippen LogP contribution in [-0.2, 0) is 9.47 Å². The number of nitrogens with one attached hydrogen (secondary N) is 1. The predicted molar refractivity (Wildman–Crippen MR) is 98.6 cm³/mol. The summed E-state index contributed by atoms with van der Waals surface area (Å²) in [6.45, 7) is 11.6. The monoisotopic (exact) mass is 340 g/mol. The molecule has 2 fully saturated rings. The van der Waals surface area contributed by atoms with Crippen molar-refractivity contribution in [3.63, 3.8) is 0 Å². The highest BCUT2D eigenvalue weighted by Crippen LogP contribution is 2.28. The van der Waals surface area contributed by atoms with Gasteiger partial charge in [0.1, 0.15) is 0 Å². The van der Waals surface area contributed by atoms with E-state index in [4.69, 9.17) is 14.5 Å². The van der Waals surface area contributed by atoms with Crippen LogP contribution in [0.3, 0.4) is 0 Å². The first-order valence-corrected chi connectivity index (χ1v) is 9.67. The van der Waals surface area contributed by atoms with E-state index in [1.54, 1.807) is 0 Å². The molecule has 0 amide bonds. The summed E-state index contributed by atoms with van der Waals surface area (Å²) < 4.78 is 11.1. The fraction of sp³-hybridized carbons (Fsp3) is 0.944. The van der Waals surface area contributed by atoms with E-state index in [1.807, 2.05) is 0 Å². The number of ether oxygens (including phenoxy) is 2. The van der Waals surface area contributed by atoms with Gasteiger partial charge >= 0.3 is 0 Å². The van der Waals surface area contributed by atoms with E-state index in [1.165, 1.54) is 25.8 Å². The molecule has 1 aliphatic heterocycles. The topological polar surface area (TPSA) is 49.3 Å². The molecule has 2 aliphatic rings. The first-order chi connectivity index (χ1) is 11.8. The highest BCUT2D eigenvalue weighted by molar-refractivity contribution is 5.79. The maximum atomic E-state index is 5.73. The molecule has 0 spiro atoms. The van der Waals surface area contributed by atoms with Crippen LogP contribution in [0.15, 0.2) is 4.99 Å². The molecule has 24 heavy (non-hydrogen) atoms. The van der Waals surface area contributed by atoms with E-state index >= 15 is 0 Å². The third-order valence-electron chi connectivity index (χ3n) is 4.57. The molecule has 0 aromatic heterocycles. The van der Waals surface area contributed by atoms with Crippen molar-refractivity contribution in [3.8, 4) is 0 Å². The lowest BCUT2D eigenvalue weighted by Gasteiger charge is -2.26. The van der Waals surface area contributed by atoms with E-state index in [2.05, 4.69) is 29.1 Å². The van der Waals surface area contributed by atoms with Gasteiger partial charge in [0, 0.05) is 46.4 Å². The SMILES string of the molecule is CCNC(=NCCCCN1CCOCC1)N(C)CCOCC1CC1. The van der Waals surface area contributed by atoms with Crippen LogP contribution in [0.4, 0.5) is 0 Å². The number of nitrogens with zero attached hydrogens (tertiary/aromatic N) is 3. The van der Waals surface area contributed by atoms with Crippen LogP contribution in [0.5, 0.6) is 0 Å². The fourth-order valence-corrected chi connectivity index (χ4v) is 2.77. The molecular weight excluding hydrogens is 304 g/mol. The van der Waals surface area contributed by atoms with Crippen molar-refractivity contribution in [1.29, 1.82) is 0 Å². The molecule has 2 rings (SSSR count). The Hall–Kier alpha value is -0.850. The van der Waals surface area contributed by atoms with Gasteiger partial charge in [-0.2, -0.15) is 0 Å². The van der Waals surface area contributed by atoms with Crippen molar-refractivity contribution >= 4 is 5.96 Å². The molecule has 0 aromatic carbocycles. The van der Waals surface area contributed by atoms with Gasteiger partial charge in [0.2, 0.25) is 0 Å². The van der Waals surface area contributed by atoms with Crippen molar-refractivity contribution in [2.24, 2.45) is 10.9 Å². The summed E-state index contributed by atoms with van der Waals surface area (Å²) in [6.07, 6.45) is 5.05. The van der Waals surface area contributed by atoms with Gasteiger partial charge in [-0.1, -0.05) is 0 Å². The third-order valence-corrected chi connectivity index (χ3v) is 4.57. The second kappa shape index (κ2) is 11.7. The average molecular weight is 341 g/mol. The largest absolute Gasteiger partial charge is 0.379 e. The average Bonchev–Trinajstić information content (AvgIpc) is 3.42. The van der Waals surface area contributed by atoms with Crippen LogP contribution in [-0.4, -0.2) is 88.5 Å². The number of likely N-dealkylation sites (N-methyl/N-ethyl adjacent to an activating group) is 1. The molecule has 6 nitrogen and oxygen atoms in total. The number of aliphatic imine (C=N–C) groups is 1. The molecule has 6 heteroatoms. The minimum Gasteiger partial charge on any atom is -0.379 e. The summed E-state index contributed by atoms with van der Waals surface area (Å²) in [7, 11) is 2.09. The molecule has 0 unspecified atom stereocenters. The zero-order chi connectivity index (χ0) is 17.0. The highest BCUT2D eigenvalue weighted by atomic mass is 16.5. The second-order valence-electron chi connectivity index (χ2n) is 6.84. The lowest BCUT2D eigenvalue weighted by molar-refractivity contribution is 0.0373. The van der Waals surface area contributed by atoms with Crippen molar-refractivity contribution in [3.05, 3.63) is 0 Å². The van der Waals surface area contributed by atoms with Gasteiger partial charge < -0.3 is 19.7 Å². The molecular formula is C18H36N4O2. The summed E-state index contributed by atoms with van der Waals surface area (Å²) in [5.74, 6) is 1.84. The molecule has 0 atom stereocenters. The smallest absolute Gasteiger partial charge is 0.193 e. The lowest BCUT2D eigenvalue weighted by Crippen LogP contribution is -2.40. The minimum atomic E-state index is 0.786. The summed E-state index contributed by atoms with van der Waals surface area (Å²) in [6, 6.07) is 0. The van der Waals surface area contributed by atoms with Crippen LogP contribution in [0, 0.1) is 5.92 Å². The Morgan fingerprint density at radius 1 is 1.29 bits per heavy atom. The standard InChI is InChI=1S/C18H36N4O2/c1-3-19-18(21(2)10-13-24-16-17-6-7-17)20-8-4-5-9-22-11-14-23-15-12-22/h17H,3-16H2,1-2H3,(H,19,20). The molecule has 1 saturated carbocycles. The Kier molecular flexibility index (Phi) is 9.46. The molecule has 1 saturated heterocycles. The van der Waals surface area contributed by atoms with Gasteiger partial charge in [-0.15, -0.1) is 0 Å². The molecule has 1 heterocycles. The highest BCUT2D eigenvalue weighted by Gasteiger charge is 2.21. The summed E-state index contributed by atoms with van der Waals surface area (Å²) >= 11 is 0. The summed E-state index contributed by atoms with van der Waals surface area (Å²) in [5.41, 5.74) is 0. The summed E-state index contributed by atoms with van der Waals surface area (Å²) in [4.78, 5) is 9.42. The van der Waals surface area contributed by atoms with E-state index in [0.717, 1.165) is 77.4 Å². The fourth-order valence-electron chi connectivity index (χ4n) is 2.77. The zero-order valence-corrected chi connectivity index (χ0v) is 15.6. The molecule has 1 aliphatic carbocycles. The van der Waals surface area contributed by atoms with Crippen molar-refractivity contribution in [2.45, 2.75) is 32.6 Å². The van der Waals surface area contributed by atoms with E-state index in [-0.39, 0.29) is 0 Å². The van der Waals surface area contributed by atoms with E-state index in [9.17, 15) is 0 Å². The van der Waals surface area contributed by atoms with Crippen molar-refractivity contribution in [1.82, 2.24) is 15.1 Å². The quantitative estimate of drug-likeness (QED) is 0.350. The molecule has 0 aromatic rings.